The fraction of sp³-hybridized carbons (Fsp3) is 0.182. The summed E-state index contributed by atoms with van der Waals surface area (Å²) in [5, 5.41) is 6.64. The fourth-order valence-electron chi connectivity index (χ4n) is 1.63. The van der Waals surface area contributed by atoms with E-state index in [9.17, 15) is 8.42 Å². The summed E-state index contributed by atoms with van der Waals surface area (Å²) >= 11 is 1.39. The molecule has 0 amide bonds. The zero-order valence-electron chi connectivity index (χ0n) is 9.97. The monoisotopic (exact) mass is 283 g/mol. The molecule has 0 fully saturated rings. The Morgan fingerprint density at radius 2 is 2.06 bits per heavy atom. The first-order valence-corrected chi connectivity index (χ1v) is 8.23. The minimum atomic E-state index is -3.21. The predicted molar refractivity (Wildman–Crippen MR) is 73.3 cm³/mol. The number of nitrogens with zero attached hydrogens (tertiary/aromatic N) is 1. The van der Waals surface area contributed by atoms with E-state index in [1.807, 2.05) is 12.3 Å². The first kappa shape index (κ1) is 13.0. The van der Waals surface area contributed by atoms with Gasteiger partial charge in [-0.15, -0.1) is 11.8 Å². The van der Waals surface area contributed by atoms with Gasteiger partial charge in [-0.2, -0.15) is 5.10 Å². The highest BCUT2D eigenvalue weighted by Gasteiger charge is 2.14. The summed E-state index contributed by atoms with van der Waals surface area (Å²) in [6.45, 7) is 0. The third kappa shape index (κ3) is 2.51. The second-order valence-electron chi connectivity index (χ2n) is 3.84. The average molecular weight is 283 g/mol. The van der Waals surface area contributed by atoms with Gasteiger partial charge in [-0.25, -0.2) is 8.42 Å². The summed E-state index contributed by atoms with van der Waals surface area (Å²) in [5.41, 5.74) is 7.17. The van der Waals surface area contributed by atoms with Gasteiger partial charge in [0.1, 0.15) is 5.82 Å². The molecule has 18 heavy (non-hydrogen) atoms. The number of H-pyrrole nitrogens is 1. The minimum Gasteiger partial charge on any atom is -0.382 e. The molecular formula is C11H13N3O2S2. The average Bonchev–Trinajstić information content (AvgIpc) is 2.74. The van der Waals surface area contributed by atoms with Crippen LogP contribution in [0.15, 0.2) is 34.1 Å². The van der Waals surface area contributed by atoms with Gasteiger partial charge in [0, 0.05) is 22.8 Å². The Bertz CT molecular complexity index is 677. The van der Waals surface area contributed by atoms with Crippen LogP contribution in [0.5, 0.6) is 0 Å². The summed E-state index contributed by atoms with van der Waals surface area (Å²) in [5.74, 6) is 0.405. The highest BCUT2D eigenvalue weighted by molar-refractivity contribution is 7.99. The van der Waals surface area contributed by atoms with E-state index in [4.69, 9.17) is 5.73 Å². The fourth-order valence-corrected chi connectivity index (χ4v) is 3.58. The van der Waals surface area contributed by atoms with Gasteiger partial charge in [0.2, 0.25) is 0 Å². The van der Waals surface area contributed by atoms with Crippen molar-refractivity contribution in [3.8, 4) is 11.3 Å². The Labute approximate surface area is 110 Å². The lowest BCUT2D eigenvalue weighted by molar-refractivity contribution is 0.600. The zero-order valence-corrected chi connectivity index (χ0v) is 11.6. The number of aromatic amines is 1. The molecule has 3 N–H and O–H groups in total. The second kappa shape index (κ2) is 4.66. The van der Waals surface area contributed by atoms with E-state index in [0.29, 0.717) is 15.6 Å². The van der Waals surface area contributed by atoms with Crippen molar-refractivity contribution in [3.05, 3.63) is 24.3 Å². The number of nitrogens with two attached hydrogens (primary N) is 1. The number of thioether (sulfide) groups is 1. The van der Waals surface area contributed by atoms with E-state index < -0.39 is 9.84 Å². The second-order valence-corrected chi connectivity index (χ2v) is 6.68. The van der Waals surface area contributed by atoms with Gasteiger partial charge in [-0.3, -0.25) is 5.10 Å². The lowest BCUT2D eigenvalue weighted by atomic mass is 10.1. The molecule has 0 unspecified atom stereocenters. The van der Waals surface area contributed by atoms with Gasteiger partial charge in [0.05, 0.1) is 10.6 Å². The Morgan fingerprint density at radius 3 is 2.56 bits per heavy atom. The normalized spacial score (nSPS) is 11.7. The molecule has 0 spiro atoms. The third-order valence-corrected chi connectivity index (χ3v) is 4.53. The molecule has 1 heterocycles. The summed E-state index contributed by atoms with van der Waals surface area (Å²) < 4.78 is 23.2. The maximum atomic E-state index is 11.6. The molecule has 0 aliphatic carbocycles. The van der Waals surface area contributed by atoms with E-state index in [-0.39, 0.29) is 0 Å². The number of hydrogen-bond donors (Lipinski definition) is 2. The molecule has 0 aliphatic heterocycles. The number of hydrogen-bond acceptors (Lipinski definition) is 5. The van der Waals surface area contributed by atoms with E-state index in [0.717, 1.165) is 11.3 Å². The molecule has 0 saturated carbocycles. The summed E-state index contributed by atoms with van der Waals surface area (Å²) in [7, 11) is -3.21. The molecule has 0 radical (unpaired) electrons. The molecule has 0 saturated heterocycles. The van der Waals surface area contributed by atoms with Crippen LogP contribution >= 0.6 is 11.8 Å². The Hall–Kier alpha value is -1.47. The molecule has 0 atom stereocenters. The van der Waals surface area contributed by atoms with Crippen molar-refractivity contribution in [1.29, 1.82) is 0 Å². The van der Waals surface area contributed by atoms with Crippen molar-refractivity contribution in [2.24, 2.45) is 0 Å². The Morgan fingerprint density at radius 1 is 1.33 bits per heavy atom. The quantitative estimate of drug-likeness (QED) is 0.838. The molecule has 1 aromatic heterocycles. The summed E-state index contributed by atoms with van der Waals surface area (Å²) in [4.78, 5) is 1.05. The number of nitrogen functional groups attached to an aromatic ring is 1. The number of rotatable bonds is 3. The Kier molecular flexibility index (Phi) is 3.36. The van der Waals surface area contributed by atoms with Crippen LogP contribution in [0.2, 0.25) is 0 Å². The van der Waals surface area contributed by atoms with Gasteiger partial charge < -0.3 is 5.73 Å². The molecule has 0 aliphatic rings. The molecule has 7 heteroatoms. The Balaban J connectivity index is 2.55. The van der Waals surface area contributed by atoms with Gasteiger partial charge >= 0.3 is 0 Å². The molecule has 5 nitrogen and oxygen atoms in total. The molecule has 2 rings (SSSR count). The number of benzene rings is 1. The molecule has 2 aromatic rings. The van der Waals surface area contributed by atoms with Crippen LogP contribution in [0.25, 0.3) is 11.3 Å². The van der Waals surface area contributed by atoms with E-state index in [1.165, 1.54) is 18.0 Å². The van der Waals surface area contributed by atoms with Crippen LogP contribution < -0.4 is 5.73 Å². The highest BCUT2D eigenvalue weighted by atomic mass is 32.2. The number of aromatic nitrogens is 2. The molecule has 0 bridgehead atoms. The van der Waals surface area contributed by atoms with Crippen molar-refractivity contribution < 1.29 is 8.42 Å². The van der Waals surface area contributed by atoms with E-state index in [1.54, 1.807) is 18.2 Å². The largest absolute Gasteiger partial charge is 0.382 e. The van der Waals surface area contributed by atoms with Crippen molar-refractivity contribution in [2.75, 3.05) is 18.2 Å². The van der Waals surface area contributed by atoms with E-state index >= 15 is 0 Å². The lowest BCUT2D eigenvalue weighted by Crippen LogP contribution is -1.99. The van der Waals surface area contributed by atoms with Crippen molar-refractivity contribution in [1.82, 2.24) is 10.2 Å². The molecule has 1 aromatic carbocycles. The first-order valence-electron chi connectivity index (χ1n) is 5.11. The van der Waals surface area contributed by atoms with Crippen molar-refractivity contribution in [3.63, 3.8) is 0 Å². The maximum absolute atomic E-state index is 11.6. The van der Waals surface area contributed by atoms with Crippen LogP contribution in [-0.2, 0) is 9.84 Å². The van der Waals surface area contributed by atoms with Crippen LogP contribution in [0.4, 0.5) is 5.82 Å². The maximum Gasteiger partial charge on any atom is 0.176 e. The molecular weight excluding hydrogens is 270 g/mol. The van der Waals surface area contributed by atoms with Crippen LogP contribution in [0, 0.1) is 0 Å². The number of nitrogens with one attached hydrogen (secondary N) is 1. The SMILES string of the molecule is CSc1cc(-c2cc(N)n[nH]2)ccc1S(C)(=O)=O. The van der Waals surface area contributed by atoms with Gasteiger partial charge in [-0.1, -0.05) is 6.07 Å². The number of anilines is 1. The molecule has 96 valence electrons. The lowest BCUT2D eigenvalue weighted by Gasteiger charge is -2.07. The topological polar surface area (TPSA) is 88.8 Å². The van der Waals surface area contributed by atoms with Crippen LogP contribution in [0.1, 0.15) is 0 Å². The van der Waals surface area contributed by atoms with E-state index in [2.05, 4.69) is 10.2 Å². The zero-order chi connectivity index (χ0) is 13.3. The van der Waals surface area contributed by atoms with Crippen molar-refractivity contribution >= 4 is 27.4 Å². The number of sulfone groups is 1. The first-order chi connectivity index (χ1) is 8.41. The third-order valence-electron chi connectivity index (χ3n) is 2.47. The van der Waals surface area contributed by atoms with Gasteiger partial charge in [-0.05, 0) is 18.4 Å². The van der Waals surface area contributed by atoms with Gasteiger partial charge in [0.25, 0.3) is 0 Å². The smallest absolute Gasteiger partial charge is 0.176 e. The standard InChI is InChI=1S/C11H13N3O2S2/c1-17-9-5-7(8-6-11(12)14-13-8)3-4-10(9)18(2,15)16/h3-6H,1-2H3,(H3,12,13,14). The van der Waals surface area contributed by atoms with Crippen molar-refractivity contribution in [2.45, 2.75) is 9.79 Å². The predicted octanol–water partition coefficient (Wildman–Crippen LogP) is 1.78. The van der Waals surface area contributed by atoms with Crippen LogP contribution in [0.3, 0.4) is 0 Å². The summed E-state index contributed by atoms with van der Waals surface area (Å²) in [6, 6.07) is 6.87. The highest BCUT2D eigenvalue weighted by Crippen LogP contribution is 2.30. The summed E-state index contributed by atoms with van der Waals surface area (Å²) in [6.07, 6.45) is 3.05. The van der Waals surface area contributed by atoms with Gasteiger partial charge in [0.15, 0.2) is 9.84 Å². The minimum absolute atomic E-state index is 0.339. The van der Waals surface area contributed by atoms with Crippen LogP contribution in [-0.4, -0.2) is 31.1 Å².